The Labute approximate surface area is 128 Å². The Hall–Kier alpha value is -1.02. The second-order valence-corrected chi connectivity index (χ2v) is 7.73. The lowest BCUT2D eigenvalue weighted by atomic mass is 9.53. The van der Waals surface area contributed by atoms with Crippen LogP contribution in [0, 0.1) is 17.8 Å². The van der Waals surface area contributed by atoms with E-state index in [1.54, 1.807) is 0 Å². The molecule has 0 aliphatic heterocycles. The molecule has 0 saturated heterocycles. The van der Waals surface area contributed by atoms with E-state index in [1.807, 2.05) is 0 Å². The van der Waals surface area contributed by atoms with Gasteiger partial charge in [-0.3, -0.25) is 0 Å². The summed E-state index contributed by atoms with van der Waals surface area (Å²) >= 11 is 0. The first kappa shape index (κ1) is 13.6. The largest absolute Gasteiger partial charge is 0.493 e. The van der Waals surface area contributed by atoms with Crippen LogP contribution in [0.1, 0.15) is 51.0 Å². The van der Waals surface area contributed by atoms with Gasteiger partial charge in [0.25, 0.3) is 0 Å². The van der Waals surface area contributed by atoms with Gasteiger partial charge in [0.2, 0.25) is 0 Å². The standard InChI is InChI=1S/C19H27NO/c1-2-21-18-6-4-3-5-17(18)13-20-19-10-14-7-15(11-19)9-16(8-14)12-19/h3-6,14-16,20H,2,7-13H2,1H3/p+1. The van der Waals surface area contributed by atoms with Crippen molar-refractivity contribution in [1.82, 2.24) is 0 Å². The monoisotopic (exact) mass is 286 g/mol. The van der Waals surface area contributed by atoms with Crippen molar-refractivity contribution in [3.8, 4) is 5.75 Å². The fourth-order valence-electron chi connectivity index (χ4n) is 5.72. The molecule has 0 radical (unpaired) electrons. The summed E-state index contributed by atoms with van der Waals surface area (Å²) in [6, 6.07) is 8.58. The maximum Gasteiger partial charge on any atom is 0.128 e. The molecule has 4 bridgehead atoms. The summed E-state index contributed by atoms with van der Waals surface area (Å²) in [7, 11) is 0. The van der Waals surface area contributed by atoms with Crippen LogP contribution < -0.4 is 10.1 Å². The van der Waals surface area contributed by atoms with E-state index in [4.69, 9.17) is 4.74 Å². The molecule has 4 aliphatic carbocycles. The molecule has 1 aromatic rings. The highest BCUT2D eigenvalue weighted by Crippen LogP contribution is 2.54. The van der Waals surface area contributed by atoms with Crippen molar-refractivity contribution in [2.45, 2.75) is 57.5 Å². The summed E-state index contributed by atoms with van der Waals surface area (Å²) in [5, 5.41) is 2.68. The van der Waals surface area contributed by atoms with Crippen LogP contribution in [0.4, 0.5) is 0 Å². The zero-order chi connectivity index (χ0) is 14.3. The fraction of sp³-hybridized carbons (Fsp3) is 0.684. The molecule has 2 N–H and O–H groups in total. The maximum absolute atomic E-state index is 5.79. The zero-order valence-electron chi connectivity index (χ0n) is 13.2. The molecule has 4 saturated carbocycles. The predicted octanol–water partition coefficient (Wildman–Crippen LogP) is 3.12. The molecule has 4 aliphatic rings. The van der Waals surface area contributed by atoms with Gasteiger partial charge in [-0.25, -0.2) is 0 Å². The van der Waals surface area contributed by atoms with Crippen molar-refractivity contribution in [2.24, 2.45) is 17.8 Å². The van der Waals surface area contributed by atoms with E-state index in [9.17, 15) is 0 Å². The summed E-state index contributed by atoms with van der Waals surface area (Å²) in [6.45, 7) is 3.91. The van der Waals surface area contributed by atoms with Crippen LogP contribution in [-0.2, 0) is 6.54 Å². The van der Waals surface area contributed by atoms with Gasteiger partial charge in [-0.15, -0.1) is 0 Å². The van der Waals surface area contributed by atoms with Gasteiger partial charge in [0.15, 0.2) is 0 Å². The van der Waals surface area contributed by atoms with Crippen LogP contribution in [0.25, 0.3) is 0 Å². The molecule has 5 rings (SSSR count). The van der Waals surface area contributed by atoms with Gasteiger partial charge in [0, 0.05) is 24.8 Å². The van der Waals surface area contributed by atoms with Crippen LogP contribution in [0.3, 0.4) is 0 Å². The number of rotatable bonds is 5. The predicted molar refractivity (Wildman–Crippen MR) is 84.1 cm³/mol. The molecule has 1 aromatic carbocycles. The van der Waals surface area contributed by atoms with E-state index in [1.165, 1.54) is 44.1 Å². The molecule has 2 nitrogen and oxygen atoms in total. The van der Waals surface area contributed by atoms with Gasteiger partial charge in [-0.2, -0.15) is 0 Å². The van der Waals surface area contributed by atoms with Gasteiger partial charge < -0.3 is 10.1 Å². The third kappa shape index (κ3) is 2.59. The first-order valence-electron chi connectivity index (χ1n) is 8.81. The quantitative estimate of drug-likeness (QED) is 0.884. The van der Waals surface area contributed by atoms with Crippen LogP contribution >= 0.6 is 0 Å². The Morgan fingerprint density at radius 1 is 1.05 bits per heavy atom. The number of nitrogens with two attached hydrogens (primary N) is 1. The number of para-hydroxylation sites is 1. The Morgan fingerprint density at radius 3 is 2.29 bits per heavy atom. The number of hydrogen-bond acceptors (Lipinski definition) is 1. The average Bonchev–Trinajstić information content (AvgIpc) is 2.45. The van der Waals surface area contributed by atoms with E-state index in [0.29, 0.717) is 5.54 Å². The van der Waals surface area contributed by atoms with E-state index in [-0.39, 0.29) is 0 Å². The fourth-order valence-corrected chi connectivity index (χ4v) is 5.72. The van der Waals surface area contributed by atoms with E-state index in [0.717, 1.165) is 36.7 Å². The lowest BCUT2D eigenvalue weighted by Crippen LogP contribution is -2.97. The normalized spacial score (nSPS) is 36.9. The molecule has 114 valence electrons. The SMILES string of the molecule is CCOc1ccccc1C[NH2+]C12CC3CC(CC(C3)C1)C2. The van der Waals surface area contributed by atoms with Crippen molar-refractivity contribution < 1.29 is 10.1 Å². The minimum atomic E-state index is 0.564. The third-order valence-corrected chi connectivity index (χ3v) is 6.11. The van der Waals surface area contributed by atoms with Crippen molar-refractivity contribution in [3.63, 3.8) is 0 Å². The number of benzene rings is 1. The van der Waals surface area contributed by atoms with Gasteiger partial charge in [0.05, 0.1) is 12.1 Å². The molecule has 21 heavy (non-hydrogen) atoms. The summed E-state index contributed by atoms with van der Waals surface area (Å²) in [6.07, 6.45) is 9.00. The first-order chi connectivity index (χ1) is 10.3. The summed E-state index contributed by atoms with van der Waals surface area (Å²) in [5.74, 6) is 4.19. The van der Waals surface area contributed by atoms with E-state index < -0.39 is 0 Å². The van der Waals surface area contributed by atoms with Crippen LogP contribution in [0.2, 0.25) is 0 Å². The molecule has 2 heteroatoms. The van der Waals surface area contributed by atoms with Crippen molar-refractivity contribution in [1.29, 1.82) is 0 Å². The Balaban J connectivity index is 1.47. The van der Waals surface area contributed by atoms with Gasteiger partial charge >= 0.3 is 0 Å². The Morgan fingerprint density at radius 2 is 1.67 bits per heavy atom. The van der Waals surface area contributed by atoms with Crippen LogP contribution in [-0.4, -0.2) is 12.1 Å². The van der Waals surface area contributed by atoms with Gasteiger partial charge in [0.1, 0.15) is 12.3 Å². The zero-order valence-corrected chi connectivity index (χ0v) is 13.2. The molecular formula is C19H28NO+. The highest BCUT2D eigenvalue weighted by Gasteiger charge is 2.53. The smallest absolute Gasteiger partial charge is 0.128 e. The minimum Gasteiger partial charge on any atom is -0.493 e. The second-order valence-electron chi connectivity index (χ2n) is 7.73. The first-order valence-corrected chi connectivity index (χ1v) is 8.81. The van der Waals surface area contributed by atoms with Crippen LogP contribution in [0.5, 0.6) is 5.75 Å². The maximum atomic E-state index is 5.79. The van der Waals surface area contributed by atoms with E-state index >= 15 is 0 Å². The van der Waals surface area contributed by atoms with Crippen LogP contribution in [0.15, 0.2) is 24.3 Å². The van der Waals surface area contributed by atoms with Crippen molar-refractivity contribution >= 4 is 0 Å². The third-order valence-electron chi connectivity index (χ3n) is 6.11. The molecule has 0 aromatic heterocycles. The summed E-state index contributed by atoms with van der Waals surface area (Å²) in [5.41, 5.74) is 1.93. The highest BCUT2D eigenvalue weighted by molar-refractivity contribution is 5.32. The topological polar surface area (TPSA) is 25.8 Å². The lowest BCUT2D eigenvalue weighted by Gasteiger charge is -2.54. The van der Waals surface area contributed by atoms with Crippen molar-refractivity contribution in [2.75, 3.05) is 6.61 Å². The average molecular weight is 286 g/mol. The number of quaternary nitrogens is 1. The van der Waals surface area contributed by atoms with Gasteiger partial charge in [-0.1, -0.05) is 12.1 Å². The molecule has 4 fully saturated rings. The van der Waals surface area contributed by atoms with E-state index in [2.05, 4.69) is 36.5 Å². The number of ether oxygens (including phenoxy) is 1. The summed E-state index contributed by atoms with van der Waals surface area (Å²) in [4.78, 5) is 0. The number of hydrogen-bond donors (Lipinski definition) is 1. The molecule has 0 spiro atoms. The Bertz CT molecular complexity index is 475. The second kappa shape index (κ2) is 5.31. The highest BCUT2D eigenvalue weighted by atomic mass is 16.5. The van der Waals surface area contributed by atoms with Crippen molar-refractivity contribution in [3.05, 3.63) is 29.8 Å². The molecule has 0 heterocycles. The summed E-state index contributed by atoms with van der Waals surface area (Å²) < 4.78 is 5.79. The molecule has 0 unspecified atom stereocenters. The molecular weight excluding hydrogens is 258 g/mol. The molecule has 0 atom stereocenters. The van der Waals surface area contributed by atoms with Gasteiger partial charge in [-0.05, 0) is 56.1 Å². The minimum absolute atomic E-state index is 0.564. The lowest BCUT2D eigenvalue weighted by molar-refractivity contribution is -0.752. The molecule has 0 amide bonds. The Kier molecular flexibility index (Phi) is 3.45.